The molecule has 1 spiro atoms. The molecule has 2 bridgehead atoms. The molecule has 19 heavy (non-hydrogen) atoms. The topological polar surface area (TPSA) is 54.0 Å². The zero-order chi connectivity index (χ0) is 13.3. The molecule has 0 amide bonds. The fourth-order valence-electron chi connectivity index (χ4n) is 4.45. The molecule has 1 aliphatic carbocycles. The Kier molecular flexibility index (Phi) is 2.37. The molecule has 4 aliphatic heterocycles. The highest BCUT2D eigenvalue weighted by atomic mass is 17.3. The molecular weight excluding hydrogens is 248 g/mol. The van der Waals surface area contributed by atoms with E-state index in [4.69, 9.17) is 19.2 Å². The number of fused-ring (bicyclic) bond motifs is 2. The van der Waals surface area contributed by atoms with Crippen LogP contribution in [0.5, 0.6) is 0 Å². The Morgan fingerprint density at radius 3 is 2.89 bits per heavy atom. The van der Waals surface area contributed by atoms with Gasteiger partial charge in [-0.1, -0.05) is 6.92 Å². The van der Waals surface area contributed by atoms with Crippen LogP contribution in [0.4, 0.5) is 0 Å². The van der Waals surface area contributed by atoms with E-state index in [-0.39, 0.29) is 11.9 Å². The average Bonchev–Trinajstić information content (AvgIpc) is 2.58. The van der Waals surface area contributed by atoms with Crippen LogP contribution in [0.3, 0.4) is 0 Å². The predicted molar refractivity (Wildman–Crippen MR) is 63.5 cm³/mol. The number of hydrogen-bond donors (Lipinski definition) is 0. The van der Waals surface area contributed by atoms with Gasteiger partial charge in [-0.25, -0.2) is 9.78 Å². The molecule has 106 valence electrons. The summed E-state index contributed by atoms with van der Waals surface area (Å²) in [6.45, 7) is 4.12. The first-order valence-corrected chi connectivity index (χ1v) is 7.28. The summed E-state index contributed by atoms with van der Waals surface area (Å²) in [7, 11) is 0. The van der Waals surface area contributed by atoms with E-state index in [1.165, 1.54) is 0 Å². The second-order valence-corrected chi connectivity index (χ2v) is 6.69. The van der Waals surface area contributed by atoms with Gasteiger partial charge in [0.05, 0.1) is 6.42 Å². The maximum atomic E-state index is 11.8. The number of carbonyl (C=O) groups is 1. The molecule has 1 saturated carbocycles. The molecule has 5 nitrogen and oxygen atoms in total. The summed E-state index contributed by atoms with van der Waals surface area (Å²) < 4.78 is 11.4. The van der Waals surface area contributed by atoms with Gasteiger partial charge in [0.15, 0.2) is 5.60 Å². The van der Waals surface area contributed by atoms with Crippen LogP contribution in [-0.4, -0.2) is 23.6 Å². The third kappa shape index (κ3) is 1.49. The first-order valence-electron chi connectivity index (χ1n) is 7.28. The first kappa shape index (κ1) is 12.1. The standard InChI is InChI=1S/C14H20O5/c1-8-3-4-9-7-11(15)16-12-14(9)10(8)5-6-13(2,17-12)18-19-14/h8-10,12H,3-7H2,1-2H3/t8-,9+,10+,12?,13-,14+/m1/s1. The van der Waals surface area contributed by atoms with Crippen LogP contribution >= 0.6 is 0 Å². The highest BCUT2D eigenvalue weighted by Crippen LogP contribution is 2.58. The molecule has 5 aliphatic rings. The Bertz CT molecular complexity index is 420. The van der Waals surface area contributed by atoms with Gasteiger partial charge >= 0.3 is 5.97 Å². The molecule has 6 atom stereocenters. The van der Waals surface area contributed by atoms with Gasteiger partial charge in [0.25, 0.3) is 0 Å². The normalized spacial score (nSPS) is 56.2. The average molecular weight is 268 g/mol. The lowest BCUT2D eigenvalue weighted by atomic mass is 9.60. The molecule has 0 N–H and O–H groups in total. The van der Waals surface area contributed by atoms with Gasteiger partial charge in [0.1, 0.15) is 0 Å². The van der Waals surface area contributed by atoms with Crippen molar-refractivity contribution in [1.29, 1.82) is 0 Å². The van der Waals surface area contributed by atoms with E-state index < -0.39 is 17.7 Å². The van der Waals surface area contributed by atoms with Gasteiger partial charge in [0, 0.05) is 18.3 Å². The minimum atomic E-state index is -0.783. The Labute approximate surface area is 112 Å². The van der Waals surface area contributed by atoms with Crippen LogP contribution in [-0.2, 0) is 24.0 Å². The van der Waals surface area contributed by atoms with Crippen LogP contribution in [0.2, 0.25) is 0 Å². The van der Waals surface area contributed by atoms with Gasteiger partial charge in [-0.15, -0.1) is 0 Å². The van der Waals surface area contributed by atoms with E-state index >= 15 is 0 Å². The lowest BCUT2D eigenvalue weighted by Crippen LogP contribution is -2.67. The molecule has 0 aromatic rings. The molecule has 5 heteroatoms. The minimum Gasteiger partial charge on any atom is -0.432 e. The predicted octanol–water partition coefficient (Wildman–Crippen LogP) is 2.15. The summed E-state index contributed by atoms with van der Waals surface area (Å²) in [5, 5.41) is 0. The molecular formula is C14H20O5. The van der Waals surface area contributed by atoms with Crippen molar-refractivity contribution in [1.82, 2.24) is 0 Å². The maximum absolute atomic E-state index is 11.8. The van der Waals surface area contributed by atoms with Gasteiger partial charge in [0.2, 0.25) is 12.1 Å². The van der Waals surface area contributed by atoms with Crippen molar-refractivity contribution in [3.05, 3.63) is 0 Å². The van der Waals surface area contributed by atoms with E-state index in [0.29, 0.717) is 18.3 Å². The van der Waals surface area contributed by atoms with Crippen molar-refractivity contribution < 1.29 is 24.0 Å². The van der Waals surface area contributed by atoms with E-state index in [0.717, 1.165) is 25.7 Å². The van der Waals surface area contributed by atoms with Crippen molar-refractivity contribution >= 4 is 5.97 Å². The summed E-state index contributed by atoms with van der Waals surface area (Å²) in [4.78, 5) is 23.2. The van der Waals surface area contributed by atoms with Crippen molar-refractivity contribution in [2.24, 2.45) is 17.8 Å². The van der Waals surface area contributed by atoms with Gasteiger partial charge in [-0.3, -0.25) is 4.79 Å². The van der Waals surface area contributed by atoms with Crippen LogP contribution in [0.25, 0.3) is 0 Å². The summed E-state index contributed by atoms with van der Waals surface area (Å²) in [6.07, 6.45) is 3.72. The Hall–Kier alpha value is -0.650. The van der Waals surface area contributed by atoms with Gasteiger partial charge in [-0.2, -0.15) is 0 Å². The highest BCUT2D eigenvalue weighted by Gasteiger charge is 2.68. The van der Waals surface area contributed by atoms with Crippen LogP contribution in [0.1, 0.15) is 46.0 Å². The quantitative estimate of drug-likeness (QED) is 0.497. The lowest BCUT2D eigenvalue weighted by Gasteiger charge is -2.56. The Balaban J connectivity index is 1.82. The third-order valence-electron chi connectivity index (χ3n) is 5.52. The van der Waals surface area contributed by atoms with Crippen molar-refractivity contribution in [3.8, 4) is 0 Å². The van der Waals surface area contributed by atoms with Crippen LogP contribution in [0, 0.1) is 17.8 Å². The van der Waals surface area contributed by atoms with Crippen LogP contribution in [0.15, 0.2) is 0 Å². The SMILES string of the molecule is C[C@@H]1CC[C@H]2CC(=O)OC3O[C@@]4(C)CC[C@@H]1[C@]32OO4. The number of hydrogen-bond acceptors (Lipinski definition) is 5. The lowest BCUT2D eigenvalue weighted by molar-refractivity contribution is -0.557. The first-order chi connectivity index (χ1) is 9.03. The summed E-state index contributed by atoms with van der Waals surface area (Å²) in [5.74, 6) is 0.0861. The minimum absolute atomic E-state index is 0.155. The molecule has 0 aromatic heterocycles. The van der Waals surface area contributed by atoms with E-state index in [2.05, 4.69) is 6.92 Å². The number of ether oxygens (including phenoxy) is 2. The molecule has 5 fully saturated rings. The fraction of sp³-hybridized carbons (Fsp3) is 0.929. The van der Waals surface area contributed by atoms with E-state index in [9.17, 15) is 4.79 Å². The zero-order valence-corrected chi connectivity index (χ0v) is 11.4. The van der Waals surface area contributed by atoms with Gasteiger partial charge < -0.3 is 9.47 Å². The zero-order valence-electron chi connectivity index (χ0n) is 11.4. The van der Waals surface area contributed by atoms with Crippen LogP contribution < -0.4 is 0 Å². The summed E-state index contributed by atoms with van der Waals surface area (Å²) in [5.41, 5.74) is -0.582. The highest BCUT2D eigenvalue weighted by molar-refractivity contribution is 5.71. The number of rotatable bonds is 0. The molecule has 0 aromatic carbocycles. The van der Waals surface area contributed by atoms with Crippen molar-refractivity contribution in [2.75, 3.05) is 0 Å². The molecule has 5 rings (SSSR count). The largest absolute Gasteiger partial charge is 0.432 e. The summed E-state index contributed by atoms with van der Waals surface area (Å²) in [6, 6.07) is 0. The molecule has 4 saturated heterocycles. The fourth-order valence-corrected chi connectivity index (χ4v) is 4.45. The Morgan fingerprint density at radius 1 is 1.21 bits per heavy atom. The second kappa shape index (κ2) is 3.71. The third-order valence-corrected chi connectivity index (χ3v) is 5.52. The van der Waals surface area contributed by atoms with Crippen molar-refractivity contribution in [2.45, 2.75) is 63.6 Å². The number of esters is 1. The van der Waals surface area contributed by atoms with Crippen molar-refractivity contribution in [3.63, 3.8) is 0 Å². The molecule has 4 heterocycles. The maximum Gasteiger partial charge on any atom is 0.308 e. The van der Waals surface area contributed by atoms with E-state index in [1.54, 1.807) is 0 Å². The number of carbonyl (C=O) groups excluding carboxylic acids is 1. The Morgan fingerprint density at radius 2 is 2.05 bits per heavy atom. The second-order valence-electron chi connectivity index (χ2n) is 6.69. The van der Waals surface area contributed by atoms with Gasteiger partial charge in [-0.05, 0) is 32.1 Å². The molecule has 0 radical (unpaired) electrons. The smallest absolute Gasteiger partial charge is 0.308 e. The summed E-state index contributed by atoms with van der Waals surface area (Å²) >= 11 is 0. The van der Waals surface area contributed by atoms with E-state index in [1.807, 2.05) is 6.92 Å². The monoisotopic (exact) mass is 268 g/mol. The molecule has 1 unspecified atom stereocenters.